The molecule has 0 aliphatic carbocycles. The summed E-state index contributed by atoms with van der Waals surface area (Å²) in [6.07, 6.45) is 1.54. The predicted molar refractivity (Wildman–Crippen MR) is 109 cm³/mol. The summed E-state index contributed by atoms with van der Waals surface area (Å²) >= 11 is 6.16. The Hall–Kier alpha value is -2.42. The van der Waals surface area contributed by atoms with Crippen molar-refractivity contribution in [1.29, 1.82) is 0 Å². The van der Waals surface area contributed by atoms with Crippen molar-refractivity contribution in [1.82, 2.24) is 14.1 Å². The molecule has 1 aliphatic heterocycles. The van der Waals surface area contributed by atoms with Crippen LogP contribution in [-0.4, -0.2) is 48.7 Å². The van der Waals surface area contributed by atoms with Gasteiger partial charge in [0.2, 0.25) is 10.0 Å². The zero-order chi connectivity index (χ0) is 19.9. The second kappa shape index (κ2) is 7.20. The summed E-state index contributed by atoms with van der Waals surface area (Å²) in [5, 5.41) is 5.99. The number of halogens is 1. The average molecular weight is 419 g/mol. The molecule has 2 aromatic carbocycles. The number of hydrogen-bond acceptors (Lipinski definition) is 5. The minimum atomic E-state index is -3.59. The fraction of sp³-hybridized carbons (Fsp3) is 0.263. The second-order valence-electron chi connectivity index (χ2n) is 6.67. The molecule has 0 N–H and O–H groups in total. The molecular formula is C19H19ClN4O3S. The number of anilines is 1. The Morgan fingerprint density at radius 1 is 1.00 bits per heavy atom. The van der Waals surface area contributed by atoms with Gasteiger partial charge < -0.3 is 4.90 Å². The van der Waals surface area contributed by atoms with E-state index in [-0.39, 0.29) is 15.5 Å². The Kier molecular flexibility index (Phi) is 4.86. The quantitative estimate of drug-likeness (QED) is 0.651. The van der Waals surface area contributed by atoms with Crippen molar-refractivity contribution >= 4 is 38.1 Å². The molecule has 1 aromatic heterocycles. The molecule has 2 heterocycles. The Bertz CT molecular complexity index is 1200. The van der Waals surface area contributed by atoms with Gasteiger partial charge in [-0.3, -0.25) is 4.79 Å². The summed E-state index contributed by atoms with van der Waals surface area (Å²) in [6.45, 7) is 1.48. The van der Waals surface area contributed by atoms with Crippen LogP contribution in [0.2, 0.25) is 5.02 Å². The number of fused-ring (bicyclic) bond motifs is 1. The monoisotopic (exact) mass is 418 g/mol. The van der Waals surface area contributed by atoms with E-state index in [1.807, 2.05) is 35.2 Å². The Morgan fingerprint density at radius 3 is 2.39 bits per heavy atom. The van der Waals surface area contributed by atoms with Gasteiger partial charge in [-0.1, -0.05) is 41.9 Å². The van der Waals surface area contributed by atoms with E-state index in [2.05, 4.69) is 5.10 Å². The first-order valence-corrected chi connectivity index (χ1v) is 10.7. The molecule has 9 heteroatoms. The molecule has 1 aliphatic rings. The number of hydrogen-bond donors (Lipinski definition) is 0. The summed E-state index contributed by atoms with van der Waals surface area (Å²) in [6, 6.07) is 12.8. The Balaban J connectivity index is 1.55. The number of aromatic nitrogens is 2. The van der Waals surface area contributed by atoms with Crippen LogP contribution in [0.25, 0.3) is 10.8 Å². The van der Waals surface area contributed by atoms with Crippen LogP contribution in [0.3, 0.4) is 0 Å². The third-order valence-corrected chi connectivity index (χ3v) is 7.25. The minimum Gasteiger partial charge on any atom is -0.366 e. The SMILES string of the molecule is Cn1ncc(N2CCN(S(=O)(=O)c3ccc4ccccc4c3)CC2)c(Cl)c1=O. The fourth-order valence-corrected chi connectivity index (χ4v) is 5.12. The first-order valence-electron chi connectivity index (χ1n) is 8.83. The van der Waals surface area contributed by atoms with Crippen LogP contribution in [0.4, 0.5) is 5.69 Å². The van der Waals surface area contributed by atoms with E-state index in [4.69, 9.17) is 11.6 Å². The van der Waals surface area contributed by atoms with Crippen molar-refractivity contribution in [2.45, 2.75) is 4.90 Å². The fourth-order valence-electron chi connectivity index (χ4n) is 3.37. The van der Waals surface area contributed by atoms with Crippen molar-refractivity contribution in [3.05, 3.63) is 64.0 Å². The number of rotatable bonds is 3. The smallest absolute Gasteiger partial charge is 0.287 e. The highest BCUT2D eigenvalue weighted by atomic mass is 35.5. The molecule has 1 saturated heterocycles. The van der Waals surface area contributed by atoms with Crippen LogP contribution in [-0.2, 0) is 17.1 Å². The third kappa shape index (κ3) is 3.28. The highest BCUT2D eigenvalue weighted by Gasteiger charge is 2.29. The van der Waals surface area contributed by atoms with Gasteiger partial charge in [0.25, 0.3) is 5.56 Å². The molecule has 0 bridgehead atoms. The number of nitrogens with zero attached hydrogens (tertiary/aromatic N) is 4. The number of aryl methyl sites for hydroxylation is 1. The highest BCUT2D eigenvalue weighted by Crippen LogP contribution is 2.26. The molecule has 0 atom stereocenters. The van der Waals surface area contributed by atoms with E-state index < -0.39 is 10.0 Å². The van der Waals surface area contributed by atoms with Crippen LogP contribution >= 0.6 is 11.6 Å². The van der Waals surface area contributed by atoms with E-state index in [1.165, 1.54) is 22.2 Å². The van der Waals surface area contributed by atoms with Crippen LogP contribution in [0.15, 0.2) is 58.4 Å². The lowest BCUT2D eigenvalue weighted by atomic mass is 10.1. The molecule has 1 fully saturated rings. The molecule has 4 rings (SSSR count). The summed E-state index contributed by atoms with van der Waals surface area (Å²) in [5.74, 6) is 0. The zero-order valence-electron chi connectivity index (χ0n) is 15.2. The largest absolute Gasteiger partial charge is 0.366 e. The van der Waals surface area contributed by atoms with E-state index in [1.54, 1.807) is 12.1 Å². The Labute approximate surface area is 167 Å². The van der Waals surface area contributed by atoms with Gasteiger partial charge >= 0.3 is 0 Å². The average Bonchev–Trinajstić information content (AvgIpc) is 2.72. The molecule has 0 unspecified atom stereocenters. The first kappa shape index (κ1) is 18.9. The van der Waals surface area contributed by atoms with Crippen molar-refractivity contribution in [2.75, 3.05) is 31.1 Å². The Morgan fingerprint density at radius 2 is 1.68 bits per heavy atom. The third-order valence-electron chi connectivity index (χ3n) is 5.00. The van der Waals surface area contributed by atoms with Gasteiger partial charge in [-0.05, 0) is 22.9 Å². The maximum Gasteiger partial charge on any atom is 0.287 e. The molecule has 146 valence electrons. The number of benzene rings is 2. The summed E-state index contributed by atoms with van der Waals surface area (Å²) in [4.78, 5) is 14.2. The zero-order valence-corrected chi connectivity index (χ0v) is 16.8. The summed E-state index contributed by atoms with van der Waals surface area (Å²) < 4.78 is 28.8. The van der Waals surface area contributed by atoms with E-state index in [0.717, 1.165) is 10.8 Å². The lowest BCUT2D eigenvalue weighted by molar-refractivity contribution is 0.384. The summed E-state index contributed by atoms with van der Waals surface area (Å²) in [5.41, 5.74) is 0.165. The lowest BCUT2D eigenvalue weighted by Gasteiger charge is -2.35. The van der Waals surface area contributed by atoms with Gasteiger partial charge in [-0.25, -0.2) is 13.1 Å². The van der Waals surface area contributed by atoms with Crippen LogP contribution < -0.4 is 10.5 Å². The van der Waals surface area contributed by atoms with Crippen molar-refractivity contribution in [3.8, 4) is 0 Å². The van der Waals surface area contributed by atoms with Crippen molar-refractivity contribution < 1.29 is 8.42 Å². The van der Waals surface area contributed by atoms with Crippen LogP contribution in [0.1, 0.15) is 0 Å². The van der Waals surface area contributed by atoms with Gasteiger partial charge in [0.05, 0.1) is 16.8 Å². The molecule has 3 aromatic rings. The van der Waals surface area contributed by atoms with E-state index >= 15 is 0 Å². The molecule has 28 heavy (non-hydrogen) atoms. The van der Waals surface area contributed by atoms with Crippen LogP contribution in [0.5, 0.6) is 0 Å². The number of piperazine rings is 1. The van der Waals surface area contributed by atoms with Gasteiger partial charge in [0.15, 0.2) is 0 Å². The first-order chi connectivity index (χ1) is 13.4. The number of sulfonamides is 1. The maximum atomic E-state index is 13.1. The maximum absolute atomic E-state index is 13.1. The molecule has 0 radical (unpaired) electrons. The predicted octanol–water partition coefficient (Wildman–Crippen LogP) is 2.10. The molecule has 7 nitrogen and oxygen atoms in total. The second-order valence-corrected chi connectivity index (χ2v) is 8.99. The standard InChI is InChI=1S/C19H19ClN4O3S/c1-22-19(25)18(20)17(13-21-22)23-8-10-24(11-9-23)28(26,27)16-7-6-14-4-2-3-5-15(14)12-16/h2-7,12-13H,8-11H2,1H3. The van der Waals surface area contributed by atoms with Crippen molar-refractivity contribution in [3.63, 3.8) is 0 Å². The normalized spacial score (nSPS) is 15.9. The van der Waals surface area contributed by atoms with Gasteiger partial charge in [-0.2, -0.15) is 9.40 Å². The molecule has 0 amide bonds. The van der Waals surface area contributed by atoms with E-state index in [9.17, 15) is 13.2 Å². The highest BCUT2D eigenvalue weighted by molar-refractivity contribution is 7.89. The molecule has 0 saturated carbocycles. The van der Waals surface area contributed by atoms with Gasteiger partial charge in [0, 0.05) is 33.2 Å². The topological polar surface area (TPSA) is 75.5 Å². The van der Waals surface area contributed by atoms with E-state index in [0.29, 0.717) is 31.9 Å². The van der Waals surface area contributed by atoms with Crippen molar-refractivity contribution in [2.24, 2.45) is 7.05 Å². The van der Waals surface area contributed by atoms with Gasteiger partial charge in [0.1, 0.15) is 5.02 Å². The summed E-state index contributed by atoms with van der Waals surface area (Å²) in [7, 11) is -2.06. The van der Waals surface area contributed by atoms with Crippen LogP contribution in [0, 0.1) is 0 Å². The molecular weight excluding hydrogens is 400 g/mol. The lowest BCUT2D eigenvalue weighted by Crippen LogP contribution is -2.49. The molecule has 0 spiro atoms. The van der Waals surface area contributed by atoms with Gasteiger partial charge in [-0.15, -0.1) is 0 Å². The minimum absolute atomic E-state index is 0.100.